The van der Waals surface area contributed by atoms with Gasteiger partial charge in [-0.25, -0.2) is 0 Å². The molecule has 0 aliphatic heterocycles. The zero-order valence-corrected chi connectivity index (χ0v) is 26.3. The van der Waals surface area contributed by atoms with Gasteiger partial charge in [-0.1, -0.05) is 170 Å². The van der Waals surface area contributed by atoms with E-state index in [-0.39, 0.29) is 0 Å². The van der Waals surface area contributed by atoms with E-state index in [4.69, 9.17) is 0 Å². The molecule has 0 bridgehead atoms. The minimum atomic E-state index is 1.23. The first kappa shape index (κ1) is 26.9. The number of rotatable bonds is 4. The van der Waals surface area contributed by atoms with E-state index in [1.165, 1.54) is 98.4 Å². The molecule has 0 unspecified atom stereocenters. The fourth-order valence-corrected chi connectivity index (χ4v) is 8.06. The monoisotopic (exact) mass is 606 g/mol. The Morgan fingerprint density at radius 2 is 0.667 bits per heavy atom. The predicted molar refractivity (Wildman–Crippen MR) is 207 cm³/mol. The van der Waals surface area contributed by atoms with E-state index in [0.29, 0.717) is 0 Å². The van der Waals surface area contributed by atoms with Gasteiger partial charge in [-0.15, -0.1) is 0 Å². The van der Waals surface area contributed by atoms with Gasteiger partial charge >= 0.3 is 0 Å². The molecule has 222 valence electrons. The second kappa shape index (κ2) is 10.7. The summed E-state index contributed by atoms with van der Waals surface area (Å²) in [7, 11) is 0. The van der Waals surface area contributed by atoms with Crippen molar-refractivity contribution in [3.8, 4) is 44.5 Å². The van der Waals surface area contributed by atoms with Crippen LogP contribution in [0.25, 0.3) is 98.4 Å². The lowest BCUT2D eigenvalue weighted by atomic mass is 9.84. The van der Waals surface area contributed by atoms with E-state index >= 15 is 0 Å². The molecule has 0 heteroatoms. The van der Waals surface area contributed by atoms with Crippen LogP contribution in [0.15, 0.2) is 182 Å². The van der Waals surface area contributed by atoms with E-state index < -0.39 is 0 Å². The largest absolute Gasteiger partial charge is 0.0622 e. The summed E-state index contributed by atoms with van der Waals surface area (Å²) < 4.78 is 0. The average Bonchev–Trinajstić information content (AvgIpc) is 3.16. The third-order valence-corrected chi connectivity index (χ3v) is 10.2. The van der Waals surface area contributed by atoms with Crippen LogP contribution in [0.4, 0.5) is 0 Å². The Morgan fingerprint density at radius 1 is 0.229 bits per heavy atom. The Morgan fingerprint density at radius 3 is 1.29 bits per heavy atom. The van der Waals surface area contributed by atoms with Gasteiger partial charge in [0.15, 0.2) is 0 Å². The highest BCUT2D eigenvalue weighted by Gasteiger charge is 2.18. The number of hydrogen-bond acceptors (Lipinski definition) is 0. The molecule has 0 aromatic heterocycles. The zero-order chi connectivity index (χ0) is 31.6. The Hall–Kier alpha value is -6.24. The van der Waals surface area contributed by atoms with Gasteiger partial charge in [0, 0.05) is 0 Å². The molecule has 0 saturated heterocycles. The SMILES string of the molecule is c1ccc(-c2cccc(-c3c4ccccc4c(-c4cccc(-c5ccc6ccc7cccc8ccc5c6c78)c4)c4ccccc34)c2)cc1. The van der Waals surface area contributed by atoms with Crippen LogP contribution in [0, 0.1) is 0 Å². The summed E-state index contributed by atoms with van der Waals surface area (Å²) in [5, 5.41) is 13.0. The van der Waals surface area contributed by atoms with Crippen molar-refractivity contribution in [1.82, 2.24) is 0 Å². The molecule has 48 heavy (non-hydrogen) atoms. The lowest BCUT2D eigenvalue weighted by molar-refractivity contribution is 1.61. The van der Waals surface area contributed by atoms with E-state index in [2.05, 4.69) is 182 Å². The molecule has 0 spiro atoms. The first-order valence-corrected chi connectivity index (χ1v) is 16.7. The Labute approximate surface area is 279 Å². The first-order valence-electron chi connectivity index (χ1n) is 16.7. The van der Waals surface area contributed by atoms with Gasteiger partial charge in [0.1, 0.15) is 0 Å². The second-order valence-corrected chi connectivity index (χ2v) is 12.8. The van der Waals surface area contributed by atoms with Crippen molar-refractivity contribution in [2.75, 3.05) is 0 Å². The summed E-state index contributed by atoms with van der Waals surface area (Å²) in [6, 6.07) is 67.0. The molecule has 0 nitrogen and oxygen atoms in total. The van der Waals surface area contributed by atoms with Crippen LogP contribution in [0.1, 0.15) is 0 Å². The summed E-state index contributed by atoms with van der Waals surface area (Å²) in [5.74, 6) is 0. The number of benzene rings is 10. The van der Waals surface area contributed by atoms with Gasteiger partial charge < -0.3 is 0 Å². The quantitative estimate of drug-likeness (QED) is 0.138. The highest BCUT2D eigenvalue weighted by Crippen LogP contribution is 2.45. The van der Waals surface area contributed by atoms with Crippen LogP contribution in [0.3, 0.4) is 0 Å². The Kier molecular flexibility index (Phi) is 5.98. The summed E-state index contributed by atoms with van der Waals surface area (Å²) in [6.07, 6.45) is 0. The second-order valence-electron chi connectivity index (χ2n) is 12.8. The molecule has 0 fully saturated rings. The fraction of sp³-hybridized carbons (Fsp3) is 0. The van der Waals surface area contributed by atoms with Gasteiger partial charge in [0.2, 0.25) is 0 Å². The van der Waals surface area contributed by atoms with Crippen molar-refractivity contribution < 1.29 is 0 Å². The van der Waals surface area contributed by atoms with Gasteiger partial charge in [-0.05, 0) is 111 Å². The lowest BCUT2D eigenvalue weighted by Crippen LogP contribution is -1.92. The number of fused-ring (bicyclic) bond motifs is 2. The molecule has 0 atom stereocenters. The predicted octanol–water partition coefficient (Wildman–Crippen LogP) is 13.6. The molecular formula is C48H30. The van der Waals surface area contributed by atoms with Crippen LogP contribution < -0.4 is 0 Å². The molecule has 0 saturated carbocycles. The molecule has 0 heterocycles. The van der Waals surface area contributed by atoms with Crippen molar-refractivity contribution in [1.29, 1.82) is 0 Å². The van der Waals surface area contributed by atoms with E-state index in [1.54, 1.807) is 0 Å². The van der Waals surface area contributed by atoms with Crippen LogP contribution in [0.5, 0.6) is 0 Å². The van der Waals surface area contributed by atoms with Crippen molar-refractivity contribution >= 4 is 53.9 Å². The standard InChI is InChI=1S/C48H30/c1-2-11-31(12-3-1)35-15-9-17-37(29-35)46-40-19-4-6-21-42(40)47(43-22-7-5-20-41(43)46)38-18-10-16-36(30-38)39-27-25-34-24-23-32-13-8-14-33-26-28-44(39)48(34)45(32)33/h1-30H. The minimum absolute atomic E-state index is 1.23. The highest BCUT2D eigenvalue weighted by molar-refractivity contribution is 6.26. The van der Waals surface area contributed by atoms with Gasteiger partial charge in [0.05, 0.1) is 0 Å². The Bertz CT molecular complexity index is 2750. The molecule has 10 rings (SSSR count). The zero-order valence-electron chi connectivity index (χ0n) is 26.3. The van der Waals surface area contributed by atoms with E-state index in [1.807, 2.05) is 0 Å². The summed E-state index contributed by atoms with van der Waals surface area (Å²) in [5.41, 5.74) is 9.99. The highest BCUT2D eigenvalue weighted by atomic mass is 14.2. The van der Waals surface area contributed by atoms with Crippen LogP contribution in [0.2, 0.25) is 0 Å². The van der Waals surface area contributed by atoms with E-state index in [9.17, 15) is 0 Å². The first-order chi connectivity index (χ1) is 23.8. The van der Waals surface area contributed by atoms with Crippen LogP contribution in [-0.4, -0.2) is 0 Å². The van der Waals surface area contributed by atoms with Gasteiger partial charge in [0.25, 0.3) is 0 Å². The van der Waals surface area contributed by atoms with Crippen LogP contribution in [-0.2, 0) is 0 Å². The average molecular weight is 607 g/mol. The Balaban J connectivity index is 1.21. The third kappa shape index (κ3) is 4.10. The lowest BCUT2D eigenvalue weighted by Gasteiger charge is -2.19. The maximum absolute atomic E-state index is 2.40. The van der Waals surface area contributed by atoms with Crippen molar-refractivity contribution in [2.24, 2.45) is 0 Å². The normalized spacial score (nSPS) is 11.8. The van der Waals surface area contributed by atoms with Crippen LogP contribution >= 0.6 is 0 Å². The van der Waals surface area contributed by atoms with Crippen molar-refractivity contribution in [3.63, 3.8) is 0 Å². The van der Waals surface area contributed by atoms with Gasteiger partial charge in [-0.2, -0.15) is 0 Å². The maximum Gasteiger partial charge on any atom is -0.00206 e. The maximum atomic E-state index is 2.40. The summed E-state index contributed by atoms with van der Waals surface area (Å²) in [6.45, 7) is 0. The summed E-state index contributed by atoms with van der Waals surface area (Å²) >= 11 is 0. The topological polar surface area (TPSA) is 0 Å². The molecule has 0 aliphatic carbocycles. The van der Waals surface area contributed by atoms with Crippen molar-refractivity contribution in [2.45, 2.75) is 0 Å². The van der Waals surface area contributed by atoms with Crippen molar-refractivity contribution in [3.05, 3.63) is 182 Å². The molecule has 0 N–H and O–H groups in total. The fourth-order valence-electron chi connectivity index (χ4n) is 8.06. The van der Waals surface area contributed by atoms with Gasteiger partial charge in [-0.3, -0.25) is 0 Å². The molecule has 10 aromatic rings. The molecular weight excluding hydrogens is 577 g/mol. The van der Waals surface area contributed by atoms with E-state index in [0.717, 1.165) is 0 Å². The summed E-state index contributed by atoms with van der Waals surface area (Å²) in [4.78, 5) is 0. The third-order valence-electron chi connectivity index (χ3n) is 10.2. The molecule has 10 aromatic carbocycles. The minimum Gasteiger partial charge on any atom is -0.0622 e. The molecule has 0 aliphatic rings. The smallest absolute Gasteiger partial charge is 0.00206 e. The molecule has 0 radical (unpaired) electrons. The number of hydrogen-bond donors (Lipinski definition) is 0. The molecule has 0 amide bonds.